The van der Waals surface area contributed by atoms with Crippen LogP contribution < -0.4 is 5.73 Å². The standard InChI is InChI=1S/C50H88NO9P/c1-3-5-7-9-11-13-15-17-19-21-22-23-24-25-27-29-31-33-35-37-39-41-43-57-44-47(45-58-61(55,56)59-46-48(51)50(53)54)60-49(52)42-40-38-36-34-32-30-28-26-20-18-16-14-12-10-8-6-4-2/h5,7,11,13,17-20,22-23,25,27,47-48H,3-4,6,8-10,12,14-16,21,24,26,28-46,51H2,1-2H3,(H,53,54)(H,55,56)/b7-5-,13-11-,19-17-,20-18-,23-22-,27-25-. The van der Waals surface area contributed by atoms with Gasteiger partial charge in [0.05, 0.1) is 19.8 Å². The van der Waals surface area contributed by atoms with Gasteiger partial charge < -0.3 is 25.2 Å². The fraction of sp³-hybridized carbons (Fsp3) is 0.720. The molecule has 3 unspecified atom stereocenters. The van der Waals surface area contributed by atoms with E-state index in [9.17, 15) is 19.0 Å². The summed E-state index contributed by atoms with van der Waals surface area (Å²) in [7, 11) is -4.63. The Morgan fingerprint density at radius 3 is 1.44 bits per heavy atom. The number of allylic oxidation sites excluding steroid dienone is 12. The fourth-order valence-corrected chi connectivity index (χ4v) is 7.05. The van der Waals surface area contributed by atoms with Crippen LogP contribution in [0.15, 0.2) is 72.9 Å². The fourth-order valence-electron chi connectivity index (χ4n) is 6.27. The van der Waals surface area contributed by atoms with Crippen LogP contribution in [0.4, 0.5) is 0 Å². The number of nitrogens with two attached hydrogens (primary N) is 1. The van der Waals surface area contributed by atoms with E-state index >= 15 is 0 Å². The lowest BCUT2D eigenvalue weighted by molar-refractivity contribution is -0.154. The van der Waals surface area contributed by atoms with Gasteiger partial charge >= 0.3 is 19.8 Å². The van der Waals surface area contributed by atoms with Crippen molar-refractivity contribution in [2.75, 3.05) is 26.4 Å². The van der Waals surface area contributed by atoms with E-state index in [0.717, 1.165) is 89.9 Å². The van der Waals surface area contributed by atoms with Crippen LogP contribution in [-0.2, 0) is 32.7 Å². The van der Waals surface area contributed by atoms with Crippen molar-refractivity contribution < 1.29 is 42.7 Å². The van der Waals surface area contributed by atoms with Crippen molar-refractivity contribution in [2.24, 2.45) is 5.73 Å². The van der Waals surface area contributed by atoms with Gasteiger partial charge in [-0.1, -0.05) is 177 Å². The topological polar surface area (TPSA) is 155 Å². The molecule has 0 bridgehead atoms. The van der Waals surface area contributed by atoms with Gasteiger partial charge in [-0.15, -0.1) is 0 Å². The number of aliphatic carboxylic acids is 1. The first-order valence-electron chi connectivity index (χ1n) is 24.0. The number of carbonyl (C=O) groups excluding carboxylic acids is 1. The molecule has 0 aromatic rings. The summed E-state index contributed by atoms with van der Waals surface area (Å²) in [6.45, 7) is 3.72. The second-order valence-electron chi connectivity index (χ2n) is 15.9. The number of phosphoric acid groups is 1. The smallest absolute Gasteiger partial charge is 0.472 e. The molecule has 0 aromatic heterocycles. The molecule has 11 heteroatoms. The number of unbranched alkanes of at least 4 members (excludes halogenated alkanes) is 19. The molecule has 352 valence electrons. The summed E-state index contributed by atoms with van der Waals surface area (Å²) in [6.07, 6.45) is 56.6. The van der Waals surface area contributed by atoms with Crippen LogP contribution in [0, 0.1) is 0 Å². The zero-order chi connectivity index (χ0) is 44.8. The first kappa shape index (κ1) is 58.4. The van der Waals surface area contributed by atoms with E-state index in [0.29, 0.717) is 13.0 Å². The first-order chi connectivity index (χ1) is 29.7. The third-order valence-corrected chi connectivity index (χ3v) is 10.9. The van der Waals surface area contributed by atoms with Gasteiger partial charge in [0.2, 0.25) is 0 Å². The Kier molecular flexibility index (Phi) is 43.5. The molecule has 0 heterocycles. The predicted octanol–water partition coefficient (Wildman–Crippen LogP) is 13.8. The highest BCUT2D eigenvalue weighted by Crippen LogP contribution is 2.43. The number of hydrogen-bond donors (Lipinski definition) is 3. The lowest BCUT2D eigenvalue weighted by Gasteiger charge is -2.20. The van der Waals surface area contributed by atoms with Gasteiger partial charge in [0.25, 0.3) is 0 Å². The summed E-state index contributed by atoms with van der Waals surface area (Å²) >= 11 is 0. The van der Waals surface area contributed by atoms with Gasteiger partial charge in [-0.2, -0.15) is 0 Å². The maximum Gasteiger partial charge on any atom is 0.472 e. The molecule has 0 aliphatic rings. The highest BCUT2D eigenvalue weighted by atomic mass is 31.2. The van der Waals surface area contributed by atoms with Crippen molar-refractivity contribution in [1.82, 2.24) is 0 Å². The van der Waals surface area contributed by atoms with Gasteiger partial charge in [-0.3, -0.25) is 18.6 Å². The Morgan fingerprint density at radius 2 is 0.951 bits per heavy atom. The maximum absolute atomic E-state index is 12.7. The van der Waals surface area contributed by atoms with Crippen LogP contribution in [0.3, 0.4) is 0 Å². The molecule has 0 amide bonds. The van der Waals surface area contributed by atoms with Crippen molar-refractivity contribution >= 4 is 19.8 Å². The lowest BCUT2D eigenvalue weighted by Crippen LogP contribution is -2.34. The minimum Gasteiger partial charge on any atom is -0.480 e. The summed E-state index contributed by atoms with van der Waals surface area (Å²) in [4.78, 5) is 33.6. The maximum atomic E-state index is 12.7. The van der Waals surface area contributed by atoms with Gasteiger partial charge in [-0.25, -0.2) is 4.57 Å². The Labute approximate surface area is 372 Å². The number of rotatable bonds is 45. The molecule has 0 rings (SSSR count). The predicted molar refractivity (Wildman–Crippen MR) is 254 cm³/mol. The SMILES string of the molecule is CC/C=C\C/C=C\C/C=C\C/C=C\C/C=C\CCCCCCCCOCC(COP(=O)(O)OCC(N)C(=O)O)OC(=O)CCCCCCCCC/C=C\CCCCCCCC. The summed E-state index contributed by atoms with van der Waals surface area (Å²) < 4.78 is 33.4. The van der Waals surface area contributed by atoms with Crippen molar-refractivity contribution in [3.05, 3.63) is 72.9 Å². The van der Waals surface area contributed by atoms with E-state index in [-0.39, 0.29) is 13.0 Å². The number of carboxylic acids is 1. The number of hydrogen-bond acceptors (Lipinski definition) is 8. The van der Waals surface area contributed by atoms with E-state index in [1.807, 2.05) is 0 Å². The number of carboxylic acid groups (broad SMARTS) is 1. The highest BCUT2D eigenvalue weighted by molar-refractivity contribution is 7.47. The monoisotopic (exact) mass is 878 g/mol. The second kappa shape index (κ2) is 45.4. The van der Waals surface area contributed by atoms with Crippen LogP contribution in [0.25, 0.3) is 0 Å². The normalized spacial score (nSPS) is 14.4. The molecule has 0 aromatic carbocycles. The van der Waals surface area contributed by atoms with Crippen LogP contribution in [0.2, 0.25) is 0 Å². The Hall–Kier alpha value is -2.59. The average Bonchev–Trinajstić information content (AvgIpc) is 3.24. The minimum atomic E-state index is -4.63. The van der Waals surface area contributed by atoms with E-state index in [4.69, 9.17) is 29.4 Å². The zero-order valence-electron chi connectivity index (χ0n) is 38.5. The largest absolute Gasteiger partial charge is 0.480 e. The molecule has 0 saturated heterocycles. The van der Waals surface area contributed by atoms with Crippen LogP contribution in [0.5, 0.6) is 0 Å². The van der Waals surface area contributed by atoms with Crippen molar-refractivity contribution in [3.8, 4) is 0 Å². The van der Waals surface area contributed by atoms with Crippen LogP contribution in [0.1, 0.15) is 194 Å². The van der Waals surface area contributed by atoms with Crippen LogP contribution >= 0.6 is 7.82 Å². The van der Waals surface area contributed by atoms with E-state index < -0.39 is 45.1 Å². The Morgan fingerprint density at radius 1 is 0.541 bits per heavy atom. The minimum absolute atomic E-state index is 0.00185. The average molecular weight is 878 g/mol. The molecule has 0 aliphatic heterocycles. The van der Waals surface area contributed by atoms with Gasteiger partial charge in [0.15, 0.2) is 0 Å². The molecule has 0 aliphatic carbocycles. The van der Waals surface area contributed by atoms with Crippen molar-refractivity contribution in [2.45, 2.75) is 206 Å². The molecule has 0 radical (unpaired) electrons. The van der Waals surface area contributed by atoms with E-state index in [2.05, 4.69) is 86.8 Å². The summed E-state index contributed by atoms with van der Waals surface area (Å²) in [5.41, 5.74) is 5.37. The highest BCUT2D eigenvalue weighted by Gasteiger charge is 2.27. The molecule has 0 spiro atoms. The molecule has 61 heavy (non-hydrogen) atoms. The van der Waals surface area contributed by atoms with Crippen molar-refractivity contribution in [1.29, 1.82) is 0 Å². The number of carbonyl (C=O) groups is 2. The quantitative estimate of drug-likeness (QED) is 0.0233. The zero-order valence-corrected chi connectivity index (χ0v) is 39.4. The lowest BCUT2D eigenvalue weighted by atomic mass is 10.1. The van der Waals surface area contributed by atoms with E-state index in [1.165, 1.54) is 77.0 Å². The molecule has 0 saturated carbocycles. The third-order valence-electron chi connectivity index (χ3n) is 9.97. The van der Waals surface area contributed by atoms with Gasteiger partial charge in [0, 0.05) is 13.0 Å². The summed E-state index contributed by atoms with van der Waals surface area (Å²) in [5, 5.41) is 8.92. The summed E-state index contributed by atoms with van der Waals surface area (Å²) in [5.74, 6) is -1.79. The van der Waals surface area contributed by atoms with Gasteiger partial charge in [-0.05, 0) is 83.5 Å². The molecular formula is C50H88NO9P. The van der Waals surface area contributed by atoms with Gasteiger partial charge in [0.1, 0.15) is 12.1 Å². The van der Waals surface area contributed by atoms with Crippen molar-refractivity contribution in [3.63, 3.8) is 0 Å². The molecule has 10 nitrogen and oxygen atoms in total. The molecule has 0 fully saturated rings. The Bertz CT molecular complexity index is 1250. The number of ether oxygens (including phenoxy) is 2. The summed E-state index contributed by atoms with van der Waals surface area (Å²) in [6, 6.07) is -1.48. The Balaban J connectivity index is 4.23. The number of esters is 1. The molecule has 3 atom stereocenters. The first-order valence-corrected chi connectivity index (χ1v) is 25.5. The molecule has 4 N–H and O–H groups in total. The van der Waals surface area contributed by atoms with Crippen LogP contribution in [-0.4, -0.2) is 60.5 Å². The molecular weight excluding hydrogens is 790 g/mol. The number of phosphoric ester groups is 1. The van der Waals surface area contributed by atoms with E-state index in [1.54, 1.807) is 0 Å². The third kappa shape index (κ3) is 45.3. The second-order valence-corrected chi connectivity index (χ2v) is 17.3.